The largest absolute Gasteiger partial charge is 0.468 e. The van der Waals surface area contributed by atoms with Gasteiger partial charge in [-0.25, -0.2) is 4.98 Å². The summed E-state index contributed by atoms with van der Waals surface area (Å²) in [6.45, 7) is 39.9. The number of hydrogen-bond donors (Lipinski definition) is 0. The maximum atomic E-state index is 7.09. The van der Waals surface area contributed by atoms with Crippen LogP contribution < -0.4 is 20.7 Å². The molecule has 5 heterocycles. The third-order valence-electron chi connectivity index (χ3n) is 14.7. The molecule has 2 saturated heterocycles. The average Bonchev–Trinajstić information content (AvgIpc) is 4.12. The molecule has 396 valence electrons. The molecule has 7 aromatic rings. The Bertz CT molecular complexity index is 3220. The molecule has 0 bridgehead atoms. The minimum Gasteiger partial charge on any atom is -0.452 e. The van der Waals surface area contributed by atoms with Gasteiger partial charge < -0.3 is 37.2 Å². The SMILES string of the molecule is CC(C)(C)B1OB(c2cc(C(C)(C)C)cc(B3OB(C(C)(C)C)OB(C(C)(C)C)O3)c2N2CN(c3cccc(Sc4ccc5c6ccccc6n(-c6cc(C(C)(C)C)ccn6)c5c4)c3)c3ccccc32)OB(C(C)(C)C)O1. The van der Waals surface area contributed by atoms with Crippen molar-refractivity contribution in [1.82, 2.24) is 9.55 Å². The first kappa shape index (κ1) is 55.5. The van der Waals surface area contributed by atoms with E-state index in [4.69, 9.17) is 32.4 Å². The molecule has 17 heteroatoms. The summed E-state index contributed by atoms with van der Waals surface area (Å²) in [6.07, 6.45) is 1.94. The maximum absolute atomic E-state index is 7.09. The summed E-state index contributed by atoms with van der Waals surface area (Å²) in [7, 11) is -3.85. The molecule has 0 spiro atoms. The topological polar surface area (TPSA) is 79.7 Å². The summed E-state index contributed by atoms with van der Waals surface area (Å²) in [5.74, 6) is 0.917. The van der Waals surface area contributed by atoms with Gasteiger partial charge in [-0.15, -0.1) is 0 Å². The van der Waals surface area contributed by atoms with E-state index in [1.807, 2.05) is 6.20 Å². The van der Waals surface area contributed by atoms with Crippen LogP contribution in [0.2, 0.25) is 21.3 Å². The van der Waals surface area contributed by atoms with E-state index in [2.05, 4.69) is 254 Å². The van der Waals surface area contributed by atoms with Crippen LogP contribution >= 0.6 is 11.8 Å². The van der Waals surface area contributed by atoms with Crippen molar-refractivity contribution in [2.75, 3.05) is 16.5 Å². The van der Waals surface area contributed by atoms with Crippen molar-refractivity contribution in [3.05, 3.63) is 133 Å². The lowest BCUT2D eigenvalue weighted by molar-refractivity contribution is 0.250. The molecule has 0 saturated carbocycles. The quantitative estimate of drug-likeness (QED) is 0.144. The first-order valence-electron chi connectivity index (χ1n) is 27.5. The number of benzene rings is 5. The van der Waals surface area contributed by atoms with Gasteiger partial charge in [-0.05, 0) is 104 Å². The van der Waals surface area contributed by atoms with Crippen molar-refractivity contribution in [1.29, 1.82) is 0 Å². The zero-order valence-electron chi connectivity index (χ0n) is 48.9. The Balaban J connectivity index is 1.09. The molecule has 0 amide bonds. The van der Waals surface area contributed by atoms with Crippen LogP contribution in [-0.2, 0) is 38.3 Å². The van der Waals surface area contributed by atoms with Crippen LogP contribution in [0.4, 0.5) is 22.7 Å². The van der Waals surface area contributed by atoms with Crippen LogP contribution in [0.5, 0.6) is 0 Å². The van der Waals surface area contributed by atoms with Gasteiger partial charge in [0.1, 0.15) is 12.5 Å². The lowest BCUT2D eigenvalue weighted by atomic mass is 9.49. The second kappa shape index (κ2) is 20.0. The van der Waals surface area contributed by atoms with E-state index < -0.39 is 42.7 Å². The lowest BCUT2D eigenvalue weighted by Gasteiger charge is -2.43. The number of pyridine rings is 1. The summed E-state index contributed by atoms with van der Waals surface area (Å²) >= 11 is 1.77. The molecular weight excluding hydrogens is 970 g/mol. The Kier molecular flexibility index (Phi) is 14.4. The van der Waals surface area contributed by atoms with E-state index in [-0.39, 0.29) is 32.1 Å². The van der Waals surface area contributed by atoms with Gasteiger partial charge >= 0.3 is 42.7 Å². The maximum Gasteiger partial charge on any atom is 0.468 e. The molecule has 0 atom stereocenters. The minimum atomic E-state index is -0.805. The second-order valence-corrected chi connectivity index (χ2v) is 28.9. The standard InChI is InChI=1S/C60H76B6N4O6S/c1-55(2,3)40-32-33-67-53(36-40)70-49-27-20-19-26-45(49)46-31-30-44(38-52(46)70)77-43-25-23-24-42(37-43)68-39-69(51-29-22-21-28-50(51)68)54-47(61-71-63(57(7,8)9)75-64(72-61)58(10,11)12)34-41(56(4,5)6)35-48(54)62-73-65(59(13,14)15)76-66(74-62)60(16,17)18/h19-38H,39H2,1-18H3. The fourth-order valence-electron chi connectivity index (χ4n) is 10.3. The minimum absolute atomic E-state index is 0.0188. The summed E-state index contributed by atoms with van der Waals surface area (Å²) in [5, 5.41) is 0.968. The van der Waals surface area contributed by atoms with Crippen molar-refractivity contribution in [3.63, 3.8) is 0 Å². The predicted octanol–water partition coefficient (Wildman–Crippen LogP) is 14.8. The Morgan fingerprint density at radius 1 is 0.442 bits per heavy atom. The highest BCUT2D eigenvalue weighted by Gasteiger charge is 2.55. The zero-order valence-corrected chi connectivity index (χ0v) is 49.7. The first-order valence-corrected chi connectivity index (χ1v) is 28.3. The normalized spacial score (nSPS) is 16.4. The highest BCUT2D eigenvalue weighted by atomic mass is 32.2. The summed E-state index contributed by atoms with van der Waals surface area (Å²) < 4.78 is 44.1. The molecule has 0 aliphatic carbocycles. The number of anilines is 4. The monoisotopic (exact) mass is 1050 g/mol. The van der Waals surface area contributed by atoms with Gasteiger partial charge in [-0.3, -0.25) is 4.57 Å². The molecule has 77 heavy (non-hydrogen) atoms. The van der Waals surface area contributed by atoms with Crippen molar-refractivity contribution < 1.29 is 27.4 Å². The smallest absolute Gasteiger partial charge is 0.452 e. The van der Waals surface area contributed by atoms with Crippen LogP contribution in [0.15, 0.2) is 131 Å². The van der Waals surface area contributed by atoms with Gasteiger partial charge in [0.2, 0.25) is 0 Å². The Morgan fingerprint density at radius 3 is 1.47 bits per heavy atom. The van der Waals surface area contributed by atoms with Crippen LogP contribution in [0.1, 0.15) is 136 Å². The summed E-state index contributed by atoms with van der Waals surface area (Å²) in [6, 6.07) is 42.0. The van der Waals surface area contributed by atoms with E-state index in [0.717, 1.165) is 65.9 Å². The summed E-state index contributed by atoms with van der Waals surface area (Å²) in [4.78, 5) is 12.0. The van der Waals surface area contributed by atoms with Crippen LogP contribution in [-0.4, -0.2) is 58.9 Å². The van der Waals surface area contributed by atoms with Crippen molar-refractivity contribution in [2.24, 2.45) is 0 Å². The van der Waals surface area contributed by atoms with Crippen LogP contribution in [0, 0.1) is 0 Å². The fourth-order valence-corrected chi connectivity index (χ4v) is 11.2. The number of para-hydroxylation sites is 3. The van der Waals surface area contributed by atoms with E-state index in [1.165, 1.54) is 16.3 Å². The van der Waals surface area contributed by atoms with Crippen molar-refractivity contribution in [3.8, 4) is 5.82 Å². The second-order valence-electron chi connectivity index (χ2n) is 27.8. The predicted molar refractivity (Wildman–Crippen MR) is 328 cm³/mol. The van der Waals surface area contributed by atoms with E-state index in [9.17, 15) is 0 Å². The van der Waals surface area contributed by atoms with Gasteiger partial charge in [0.25, 0.3) is 0 Å². The lowest BCUT2D eigenvalue weighted by Crippen LogP contribution is -2.62. The van der Waals surface area contributed by atoms with Gasteiger partial charge in [-0.2, -0.15) is 0 Å². The van der Waals surface area contributed by atoms with Gasteiger partial charge in [0.05, 0.1) is 22.4 Å². The molecule has 5 aromatic carbocycles. The molecule has 2 aromatic heterocycles. The zero-order chi connectivity index (χ0) is 55.4. The molecular formula is C60H76B6N4O6S. The van der Waals surface area contributed by atoms with E-state index in [0.29, 0.717) is 6.67 Å². The van der Waals surface area contributed by atoms with Crippen molar-refractivity contribution >= 4 is 110 Å². The van der Waals surface area contributed by atoms with Crippen LogP contribution in [0.3, 0.4) is 0 Å². The van der Waals surface area contributed by atoms with Gasteiger partial charge in [0.15, 0.2) is 0 Å². The third-order valence-corrected chi connectivity index (χ3v) is 15.7. The number of nitrogens with zero attached hydrogens (tertiary/aromatic N) is 4. The molecule has 3 aliphatic heterocycles. The van der Waals surface area contributed by atoms with Gasteiger partial charge in [-0.1, -0.05) is 191 Å². The number of aromatic nitrogens is 2. The molecule has 3 aliphatic rings. The Hall–Kier alpha value is -4.85. The summed E-state index contributed by atoms with van der Waals surface area (Å²) in [5.41, 5.74) is 10.2. The Morgan fingerprint density at radius 2 is 0.935 bits per heavy atom. The van der Waals surface area contributed by atoms with Crippen LogP contribution in [0.25, 0.3) is 27.6 Å². The fraction of sp³-hybridized carbons (Fsp3) is 0.417. The molecule has 10 rings (SSSR count). The average molecular weight is 1050 g/mol. The molecule has 0 radical (unpaired) electrons. The molecule has 0 unspecified atom stereocenters. The highest BCUT2D eigenvalue weighted by molar-refractivity contribution is 7.99. The van der Waals surface area contributed by atoms with Gasteiger partial charge in [0, 0.05) is 49.1 Å². The van der Waals surface area contributed by atoms with E-state index >= 15 is 0 Å². The van der Waals surface area contributed by atoms with E-state index in [1.54, 1.807) is 11.8 Å². The highest BCUT2D eigenvalue weighted by Crippen LogP contribution is 2.47. The number of fused-ring (bicyclic) bond motifs is 4. The molecule has 2 fully saturated rings. The molecule has 0 N–H and O–H groups in total. The number of hydrogen-bond acceptors (Lipinski definition) is 10. The first-order chi connectivity index (χ1) is 35.9. The third kappa shape index (κ3) is 11.2. The van der Waals surface area contributed by atoms with Crippen molar-refractivity contribution in [2.45, 2.75) is 167 Å². The Labute approximate surface area is 465 Å². The molecule has 10 nitrogen and oxygen atoms in total. The number of rotatable bonds is 7.